The zero-order valence-electron chi connectivity index (χ0n) is 14.5. The van der Waals surface area contributed by atoms with Crippen molar-refractivity contribution >= 4 is 17.3 Å². The molecule has 0 aromatic heterocycles. The molecule has 0 bridgehead atoms. The maximum Gasteiger partial charge on any atom is 0.293 e. The highest BCUT2D eigenvalue weighted by Gasteiger charge is 2.20. The Labute approximate surface area is 137 Å². The number of nitro groups is 1. The average molecular weight is 322 g/mol. The first-order valence-electron chi connectivity index (χ1n) is 7.79. The van der Waals surface area contributed by atoms with E-state index in [0.717, 1.165) is 6.54 Å². The highest BCUT2D eigenvalue weighted by molar-refractivity contribution is 5.95. The van der Waals surface area contributed by atoms with Crippen molar-refractivity contribution in [1.82, 2.24) is 9.80 Å². The lowest BCUT2D eigenvalue weighted by atomic mass is 10.1. The molecule has 0 aliphatic carbocycles. The van der Waals surface area contributed by atoms with Gasteiger partial charge in [0.05, 0.1) is 4.92 Å². The lowest BCUT2D eigenvalue weighted by Gasteiger charge is -2.21. The molecule has 0 aliphatic rings. The number of nitrogens with one attached hydrogen (secondary N) is 1. The first-order valence-corrected chi connectivity index (χ1v) is 7.79. The van der Waals surface area contributed by atoms with Crippen molar-refractivity contribution in [2.75, 3.05) is 39.0 Å². The van der Waals surface area contributed by atoms with Crippen LogP contribution in [0.5, 0.6) is 0 Å². The molecular weight excluding hydrogens is 296 g/mol. The third-order valence-electron chi connectivity index (χ3n) is 3.53. The molecule has 1 N–H and O–H groups in total. The lowest BCUT2D eigenvalue weighted by molar-refractivity contribution is -0.384. The summed E-state index contributed by atoms with van der Waals surface area (Å²) < 4.78 is 0. The van der Waals surface area contributed by atoms with Crippen molar-refractivity contribution in [3.8, 4) is 0 Å². The molecule has 1 atom stereocenters. The van der Waals surface area contributed by atoms with Crippen LogP contribution >= 0.6 is 0 Å². The number of carbonyl (C=O) groups is 1. The molecule has 128 valence electrons. The number of nitrogens with zero attached hydrogens (tertiary/aromatic N) is 3. The molecule has 0 aliphatic heterocycles. The maximum atomic E-state index is 12.3. The van der Waals surface area contributed by atoms with Crippen LogP contribution in [0.4, 0.5) is 11.4 Å². The van der Waals surface area contributed by atoms with E-state index in [1.54, 1.807) is 17.0 Å². The Hall–Kier alpha value is -2.15. The summed E-state index contributed by atoms with van der Waals surface area (Å²) in [6.45, 7) is 7.62. The highest BCUT2D eigenvalue weighted by Crippen LogP contribution is 2.27. The van der Waals surface area contributed by atoms with E-state index in [1.165, 1.54) is 6.07 Å². The molecule has 1 rings (SSSR count). The molecule has 1 unspecified atom stereocenters. The van der Waals surface area contributed by atoms with Gasteiger partial charge in [-0.15, -0.1) is 0 Å². The minimum Gasteiger partial charge on any atom is -0.376 e. The van der Waals surface area contributed by atoms with Gasteiger partial charge in [-0.25, -0.2) is 0 Å². The van der Waals surface area contributed by atoms with Gasteiger partial charge < -0.3 is 15.1 Å². The second-order valence-electron chi connectivity index (χ2n) is 5.77. The summed E-state index contributed by atoms with van der Waals surface area (Å²) in [6.07, 6.45) is 0. The molecule has 23 heavy (non-hydrogen) atoms. The van der Waals surface area contributed by atoms with Crippen LogP contribution in [0.25, 0.3) is 0 Å². The number of anilines is 1. The van der Waals surface area contributed by atoms with Crippen LogP contribution in [0.1, 0.15) is 31.1 Å². The molecule has 1 aromatic carbocycles. The Balaban J connectivity index is 3.07. The normalized spacial score (nSPS) is 12.1. The van der Waals surface area contributed by atoms with Gasteiger partial charge >= 0.3 is 0 Å². The lowest BCUT2D eigenvalue weighted by Crippen LogP contribution is -2.31. The molecule has 0 radical (unpaired) electrons. The maximum absolute atomic E-state index is 12.3. The molecule has 7 nitrogen and oxygen atoms in total. The van der Waals surface area contributed by atoms with Crippen LogP contribution < -0.4 is 5.32 Å². The van der Waals surface area contributed by atoms with Gasteiger partial charge in [-0.2, -0.15) is 0 Å². The van der Waals surface area contributed by atoms with Gasteiger partial charge in [0.1, 0.15) is 5.69 Å². The predicted molar refractivity (Wildman–Crippen MR) is 92.0 cm³/mol. The SMILES string of the molecule is CCN(CC)C(=O)c1ccc(NC(C)CN(C)C)c([N+](=O)[O-])c1. The summed E-state index contributed by atoms with van der Waals surface area (Å²) >= 11 is 0. The average Bonchev–Trinajstić information content (AvgIpc) is 2.47. The molecule has 0 spiro atoms. The first kappa shape index (κ1) is 18.9. The molecule has 1 aromatic rings. The second kappa shape index (κ2) is 8.47. The first-order chi connectivity index (χ1) is 10.8. The molecule has 0 saturated heterocycles. The van der Waals surface area contributed by atoms with Crippen molar-refractivity contribution in [2.24, 2.45) is 0 Å². The Bertz CT molecular complexity index is 556. The fourth-order valence-corrected chi connectivity index (χ4v) is 2.49. The number of rotatable bonds is 8. The minimum atomic E-state index is -0.455. The number of carbonyl (C=O) groups excluding carboxylic acids is 1. The monoisotopic (exact) mass is 322 g/mol. The van der Waals surface area contributed by atoms with Gasteiger partial charge in [-0.3, -0.25) is 14.9 Å². The zero-order valence-corrected chi connectivity index (χ0v) is 14.5. The number of likely N-dealkylation sites (N-methyl/N-ethyl adjacent to an activating group) is 1. The number of hydrogen-bond donors (Lipinski definition) is 1. The largest absolute Gasteiger partial charge is 0.376 e. The van der Waals surface area contributed by atoms with Gasteiger partial charge in [0.25, 0.3) is 11.6 Å². The summed E-state index contributed by atoms with van der Waals surface area (Å²) in [5.74, 6) is -0.189. The van der Waals surface area contributed by atoms with E-state index in [2.05, 4.69) is 5.32 Å². The van der Waals surface area contributed by atoms with Crippen molar-refractivity contribution in [2.45, 2.75) is 26.8 Å². The van der Waals surface area contributed by atoms with E-state index in [0.29, 0.717) is 24.3 Å². The summed E-state index contributed by atoms with van der Waals surface area (Å²) in [5.41, 5.74) is 0.695. The van der Waals surface area contributed by atoms with Crippen LogP contribution in [0.3, 0.4) is 0 Å². The van der Waals surface area contributed by atoms with E-state index < -0.39 is 4.92 Å². The van der Waals surface area contributed by atoms with Crippen LogP contribution in [0.15, 0.2) is 18.2 Å². The Morgan fingerprint density at radius 3 is 2.39 bits per heavy atom. The van der Waals surface area contributed by atoms with Crippen LogP contribution in [0.2, 0.25) is 0 Å². The molecular formula is C16H26N4O3. The quantitative estimate of drug-likeness (QED) is 0.587. The molecule has 0 fully saturated rings. The number of benzene rings is 1. The number of nitro benzene ring substituents is 1. The van der Waals surface area contributed by atoms with Gasteiger partial charge in [-0.05, 0) is 47.0 Å². The summed E-state index contributed by atoms with van der Waals surface area (Å²) in [5, 5.41) is 14.5. The van der Waals surface area contributed by atoms with Crippen molar-refractivity contribution in [1.29, 1.82) is 0 Å². The molecule has 0 saturated carbocycles. The third-order valence-corrected chi connectivity index (χ3v) is 3.53. The number of hydrogen-bond acceptors (Lipinski definition) is 5. The third kappa shape index (κ3) is 5.21. The van der Waals surface area contributed by atoms with Gasteiger partial charge in [0.15, 0.2) is 0 Å². The fraction of sp³-hybridized carbons (Fsp3) is 0.562. The Morgan fingerprint density at radius 1 is 1.30 bits per heavy atom. The summed E-state index contributed by atoms with van der Waals surface area (Å²) in [6, 6.07) is 4.65. The predicted octanol–water partition coefficient (Wildman–Crippen LogP) is 2.44. The molecule has 7 heteroatoms. The van der Waals surface area contributed by atoms with E-state index in [4.69, 9.17) is 0 Å². The van der Waals surface area contributed by atoms with E-state index in [1.807, 2.05) is 39.8 Å². The fourth-order valence-electron chi connectivity index (χ4n) is 2.49. The standard InChI is InChI=1S/C16H26N4O3/c1-6-19(7-2)16(21)13-8-9-14(15(10-13)20(22)23)17-12(3)11-18(4)5/h8-10,12,17H,6-7,11H2,1-5H3. The van der Waals surface area contributed by atoms with E-state index in [9.17, 15) is 14.9 Å². The summed E-state index contributed by atoms with van der Waals surface area (Å²) in [7, 11) is 3.89. The Kier molecular flexibility index (Phi) is 6.96. The zero-order chi connectivity index (χ0) is 17.6. The van der Waals surface area contributed by atoms with Gasteiger partial charge in [0.2, 0.25) is 0 Å². The van der Waals surface area contributed by atoms with Gasteiger partial charge in [-0.1, -0.05) is 0 Å². The molecule has 0 heterocycles. The topological polar surface area (TPSA) is 78.7 Å². The smallest absolute Gasteiger partial charge is 0.293 e. The van der Waals surface area contributed by atoms with Crippen LogP contribution in [-0.2, 0) is 0 Å². The van der Waals surface area contributed by atoms with Gasteiger partial charge in [0, 0.05) is 37.3 Å². The van der Waals surface area contributed by atoms with Crippen molar-refractivity contribution < 1.29 is 9.72 Å². The van der Waals surface area contributed by atoms with Crippen molar-refractivity contribution in [3.05, 3.63) is 33.9 Å². The second-order valence-corrected chi connectivity index (χ2v) is 5.77. The van der Waals surface area contributed by atoms with Crippen LogP contribution in [-0.4, -0.2) is 60.4 Å². The molecule has 1 amide bonds. The van der Waals surface area contributed by atoms with Crippen LogP contribution in [0, 0.1) is 10.1 Å². The number of amides is 1. The highest BCUT2D eigenvalue weighted by atomic mass is 16.6. The van der Waals surface area contributed by atoms with E-state index >= 15 is 0 Å². The summed E-state index contributed by atoms with van der Waals surface area (Å²) in [4.78, 5) is 26.9. The van der Waals surface area contributed by atoms with E-state index in [-0.39, 0.29) is 17.6 Å². The minimum absolute atomic E-state index is 0.0491. The Morgan fingerprint density at radius 2 is 1.91 bits per heavy atom. The van der Waals surface area contributed by atoms with Crippen molar-refractivity contribution in [3.63, 3.8) is 0 Å².